The highest BCUT2D eigenvalue weighted by Gasteiger charge is 2.19. The maximum atomic E-state index is 12.7. The molecule has 0 aliphatic carbocycles. The van der Waals surface area contributed by atoms with E-state index in [0.717, 1.165) is 89.9 Å². The van der Waals surface area contributed by atoms with Gasteiger partial charge in [0.15, 0.2) is 6.10 Å². The van der Waals surface area contributed by atoms with E-state index in [-0.39, 0.29) is 44.4 Å². The molecule has 0 saturated carbocycles. The predicted octanol–water partition coefficient (Wildman–Crippen LogP) is 14.2. The Morgan fingerprint density at radius 1 is 0.393 bits per heavy atom. The molecule has 0 radical (unpaired) electrons. The molecule has 0 aromatic heterocycles. The summed E-state index contributed by atoms with van der Waals surface area (Å²) in [6.45, 7) is 6.21. The van der Waals surface area contributed by atoms with Gasteiger partial charge in [0.05, 0.1) is 6.42 Å². The summed E-state index contributed by atoms with van der Waals surface area (Å²) in [5, 5.41) is 0. The van der Waals surface area contributed by atoms with Crippen LogP contribution >= 0.6 is 0 Å². The van der Waals surface area contributed by atoms with Crippen LogP contribution in [0.3, 0.4) is 0 Å². The first-order valence-electron chi connectivity index (χ1n) is 22.2. The zero-order valence-corrected chi connectivity index (χ0v) is 35.9. The number of hydrogen-bond donors (Lipinski definition) is 0. The third kappa shape index (κ3) is 41.5. The molecular formula is C50H80O6. The average Bonchev–Trinajstić information content (AvgIpc) is 3.19. The summed E-state index contributed by atoms with van der Waals surface area (Å²) in [6, 6.07) is 0. The average molecular weight is 777 g/mol. The van der Waals surface area contributed by atoms with Gasteiger partial charge in [-0.05, 0) is 89.9 Å². The Balaban J connectivity index is 4.52. The zero-order chi connectivity index (χ0) is 40.8. The monoisotopic (exact) mass is 777 g/mol. The molecule has 1 unspecified atom stereocenters. The first-order chi connectivity index (χ1) is 27.5. The van der Waals surface area contributed by atoms with Crippen LogP contribution in [-0.2, 0) is 28.6 Å². The van der Waals surface area contributed by atoms with Crippen molar-refractivity contribution < 1.29 is 28.6 Å². The Labute approximate surface area is 343 Å². The molecule has 0 spiro atoms. The maximum Gasteiger partial charge on any atom is 0.309 e. The lowest BCUT2D eigenvalue weighted by atomic mass is 10.1. The molecule has 0 fully saturated rings. The van der Waals surface area contributed by atoms with Crippen molar-refractivity contribution in [2.24, 2.45) is 0 Å². The van der Waals surface area contributed by atoms with Gasteiger partial charge in [-0.3, -0.25) is 14.4 Å². The minimum Gasteiger partial charge on any atom is -0.462 e. The van der Waals surface area contributed by atoms with E-state index in [1.807, 2.05) is 6.08 Å². The number of rotatable bonds is 38. The molecule has 0 N–H and O–H groups in total. The Morgan fingerprint density at radius 2 is 0.786 bits per heavy atom. The fourth-order valence-corrected chi connectivity index (χ4v) is 5.55. The lowest BCUT2D eigenvalue weighted by Crippen LogP contribution is -2.30. The highest BCUT2D eigenvalue weighted by Crippen LogP contribution is 2.11. The second kappa shape index (κ2) is 44.0. The van der Waals surface area contributed by atoms with Crippen LogP contribution in [0.5, 0.6) is 0 Å². The van der Waals surface area contributed by atoms with Gasteiger partial charge in [-0.15, -0.1) is 0 Å². The van der Waals surface area contributed by atoms with Gasteiger partial charge in [0.1, 0.15) is 13.2 Å². The molecule has 0 heterocycles. The minimum absolute atomic E-state index is 0.120. The smallest absolute Gasteiger partial charge is 0.309 e. The molecule has 0 aliphatic rings. The Hall–Kier alpha value is -3.67. The topological polar surface area (TPSA) is 78.9 Å². The summed E-state index contributed by atoms with van der Waals surface area (Å²) in [4.78, 5) is 37.6. The molecule has 316 valence electrons. The van der Waals surface area contributed by atoms with Crippen molar-refractivity contribution in [2.45, 2.75) is 187 Å². The maximum absolute atomic E-state index is 12.7. The van der Waals surface area contributed by atoms with Crippen LogP contribution in [0.1, 0.15) is 181 Å². The van der Waals surface area contributed by atoms with Gasteiger partial charge in [-0.25, -0.2) is 0 Å². The second-order valence-electron chi connectivity index (χ2n) is 14.2. The number of unbranched alkanes of at least 4 members (excludes halogenated alkanes) is 12. The van der Waals surface area contributed by atoms with Crippen molar-refractivity contribution in [3.05, 3.63) is 97.2 Å². The summed E-state index contributed by atoms with van der Waals surface area (Å²) < 4.78 is 16.5. The summed E-state index contributed by atoms with van der Waals surface area (Å²) in [6.07, 6.45) is 57.2. The van der Waals surface area contributed by atoms with Gasteiger partial charge < -0.3 is 14.2 Å². The van der Waals surface area contributed by atoms with Crippen LogP contribution < -0.4 is 0 Å². The molecule has 0 aliphatic heterocycles. The van der Waals surface area contributed by atoms with Gasteiger partial charge in [0.25, 0.3) is 0 Å². The van der Waals surface area contributed by atoms with E-state index in [9.17, 15) is 14.4 Å². The zero-order valence-electron chi connectivity index (χ0n) is 35.9. The lowest BCUT2D eigenvalue weighted by molar-refractivity contribution is -0.166. The summed E-state index contributed by atoms with van der Waals surface area (Å²) in [7, 11) is 0. The fraction of sp³-hybridized carbons (Fsp3) is 0.620. The van der Waals surface area contributed by atoms with E-state index in [4.69, 9.17) is 14.2 Å². The molecule has 0 bridgehead atoms. The molecule has 0 aromatic rings. The van der Waals surface area contributed by atoms with Crippen LogP contribution in [0.15, 0.2) is 97.2 Å². The summed E-state index contributed by atoms with van der Waals surface area (Å²) >= 11 is 0. The molecule has 6 heteroatoms. The number of esters is 3. The number of ether oxygens (including phenoxy) is 3. The van der Waals surface area contributed by atoms with E-state index >= 15 is 0 Å². The van der Waals surface area contributed by atoms with Crippen LogP contribution in [0.2, 0.25) is 0 Å². The van der Waals surface area contributed by atoms with E-state index < -0.39 is 12.1 Å². The Kier molecular flexibility index (Phi) is 41.2. The molecule has 6 nitrogen and oxygen atoms in total. The molecule has 0 saturated heterocycles. The van der Waals surface area contributed by atoms with E-state index in [1.165, 1.54) is 44.9 Å². The normalized spacial score (nSPS) is 13.0. The number of carbonyl (C=O) groups is 3. The van der Waals surface area contributed by atoms with Crippen molar-refractivity contribution in [1.82, 2.24) is 0 Å². The molecular weight excluding hydrogens is 697 g/mol. The fourth-order valence-electron chi connectivity index (χ4n) is 5.55. The lowest BCUT2D eigenvalue weighted by Gasteiger charge is -2.18. The Morgan fingerprint density at radius 3 is 1.30 bits per heavy atom. The molecule has 1 atom stereocenters. The summed E-state index contributed by atoms with van der Waals surface area (Å²) in [5.41, 5.74) is 0. The van der Waals surface area contributed by atoms with Crippen LogP contribution in [0.4, 0.5) is 0 Å². The third-order valence-electron chi connectivity index (χ3n) is 8.84. The molecule has 0 aromatic carbocycles. The standard InChI is InChI=1S/C50H80O6/c1-4-7-10-13-16-19-21-23-24-25-26-27-29-31-34-37-40-43-49(52)55-46-47(45-54-48(51)42-39-36-33-30-18-15-12-9-6-3)56-50(53)44-41-38-35-32-28-22-20-17-14-11-8-5-2/h8-9,11-12,17-18,20,23-24,26-27,30-31,34,36,39,47H,4-7,10,13-16,19,21-22,25,28-29,32-33,35,37-38,40-46H2,1-3H3/b11-8-,12-9-,20-17-,24-23-,27-26-,30-18-,34-31-,39-36-. The third-order valence-corrected chi connectivity index (χ3v) is 8.84. The highest BCUT2D eigenvalue weighted by atomic mass is 16.6. The first kappa shape index (κ1) is 52.3. The molecule has 0 rings (SSSR count). The highest BCUT2D eigenvalue weighted by molar-refractivity contribution is 5.72. The molecule has 56 heavy (non-hydrogen) atoms. The SMILES string of the molecule is CC/C=C\C/C=C\C/C=C\CC(=O)OCC(COC(=O)CCC/C=C\C/C=C\C/C=C\CCCCCCCC)OC(=O)CCCCCCC/C=C\C/C=C\CC. The van der Waals surface area contributed by atoms with Gasteiger partial charge >= 0.3 is 17.9 Å². The van der Waals surface area contributed by atoms with Gasteiger partial charge in [0.2, 0.25) is 0 Å². The summed E-state index contributed by atoms with van der Waals surface area (Å²) in [5.74, 6) is -1.14. The van der Waals surface area contributed by atoms with Crippen LogP contribution in [-0.4, -0.2) is 37.2 Å². The van der Waals surface area contributed by atoms with Crippen molar-refractivity contribution >= 4 is 17.9 Å². The second-order valence-corrected chi connectivity index (χ2v) is 14.2. The predicted molar refractivity (Wildman–Crippen MR) is 237 cm³/mol. The van der Waals surface area contributed by atoms with Gasteiger partial charge in [0, 0.05) is 12.8 Å². The number of carbonyl (C=O) groups excluding carboxylic acids is 3. The van der Waals surface area contributed by atoms with Crippen molar-refractivity contribution in [3.63, 3.8) is 0 Å². The largest absolute Gasteiger partial charge is 0.462 e. The molecule has 0 amide bonds. The van der Waals surface area contributed by atoms with Crippen molar-refractivity contribution in [3.8, 4) is 0 Å². The van der Waals surface area contributed by atoms with Crippen LogP contribution in [0.25, 0.3) is 0 Å². The number of allylic oxidation sites excluding steroid dienone is 15. The Bertz CT molecular complexity index is 1170. The van der Waals surface area contributed by atoms with Gasteiger partial charge in [-0.1, -0.05) is 169 Å². The van der Waals surface area contributed by atoms with E-state index in [0.29, 0.717) is 6.42 Å². The van der Waals surface area contributed by atoms with Gasteiger partial charge in [-0.2, -0.15) is 0 Å². The van der Waals surface area contributed by atoms with E-state index in [2.05, 4.69) is 106 Å². The number of hydrogen-bond acceptors (Lipinski definition) is 6. The van der Waals surface area contributed by atoms with Crippen molar-refractivity contribution in [2.75, 3.05) is 13.2 Å². The minimum atomic E-state index is -0.838. The quantitative estimate of drug-likeness (QED) is 0.0269. The van der Waals surface area contributed by atoms with Crippen LogP contribution in [0, 0.1) is 0 Å². The van der Waals surface area contributed by atoms with Crippen molar-refractivity contribution in [1.29, 1.82) is 0 Å². The first-order valence-corrected chi connectivity index (χ1v) is 22.2. The van der Waals surface area contributed by atoms with E-state index in [1.54, 1.807) is 6.08 Å².